The van der Waals surface area contributed by atoms with Crippen molar-refractivity contribution in [1.82, 2.24) is 9.88 Å². The van der Waals surface area contributed by atoms with Gasteiger partial charge in [0.05, 0.1) is 0 Å². The number of nitrogens with two attached hydrogens (primary N) is 1. The van der Waals surface area contributed by atoms with Crippen LogP contribution in [0.1, 0.15) is 29.2 Å². The van der Waals surface area contributed by atoms with E-state index >= 15 is 0 Å². The lowest BCUT2D eigenvalue weighted by Crippen LogP contribution is -2.23. The summed E-state index contributed by atoms with van der Waals surface area (Å²) in [4.78, 5) is 6.33. The molecule has 0 saturated carbocycles. The van der Waals surface area contributed by atoms with E-state index in [0.717, 1.165) is 19.5 Å². The molecule has 1 aromatic heterocycles. The molecule has 0 saturated heterocycles. The molecule has 2 aromatic rings. The van der Waals surface area contributed by atoms with Crippen LogP contribution in [-0.4, -0.2) is 23.5 Å². The van der Waals surface area contributed by atoms with E-state index in [4.69, 9.17) is 5.73 Å². The zero-order valence-corrected chi connectivity index (χ0v) is 12.3. The van der Waals surface area contributed by atoms with Crippen molar-refractivity contribution in [2.24, 2.45) is 5.73 Å². The Morgan fingerprint density at radius 3 is 2.40 bits per heavy atom. The fraction of sp³-hybridized carbons (Fsp3) is 0.353. The summed E-state index contributed by atoms with van der Waals surface area (Å²) >= 11 is 0. The molecular formula is C17H23N3. The van der Waals surface area contributed by atoms with Gasteiger partial charge in [-0.3, -0.25) is 4.98 Å². The Labute approximate surface area is 121 Å². The van der Waals surface area contributed by atoms with Crippen LogP contribution in [0.25, 0.3) is 0 Å². The van der Waals surface area contributed by atoms with E-state index in [2.05, 4.69) is 60.3 Å². The van der Waals surface area contributed by atoms with Gasteiger partial charge in [-0.2, -0.15) is 0 Å². The third-order valence-corrected chi connectivity index (χ3v) is 3.53. The van der Waals surface area contributed by atoms with Crippen LogP contribution in [0.15, 0.2) is 48.8 Å². The molecule has 1 atom stereocenters. The van der Waals surface area contributed by atoms with E-state index in [1.807, 2.05) is 12.4 Å². The summed E-state index contributed by atoms with van der Waals surface area (Å²) in [6, 6.07) is 12.7. The van der Waals surface area contributed by atoms with Crippen molar-refractivity contribution in [1.29, 1.82) is 0 Å². The van der Waals surface area contributed by atoms with Crippen LogP contribution < -0.4 is 5.73 Å². The summed E-state index contributed by atoms with van der Waals surface area (Å²) in [6.07, 6.45) is 4.63. The Kier molecular flexibility index (Phi) is 5.27. The van der Waals surface area contributed by atoms with Crippen molar-refractivity contribution in [3.05, 3.63) is 65.5 Å². The molecular weight excluding hydrogens is 246 g/mol. The van der Waals surface area contributed by atoms with Gasteiger partial charge < -0.3 is 10.6 Å². The fourth-order valence-electron chi connectivity index (χ4n) is 2.22. The summed E-state index contributed by atoms with van der Waals surface area (Å²) in [7, 11) is 2.13. The molecule has 1 unspecified atom stereocenters. The molecule has 0 spiro atoms. The number of benzene rings is 1. The molecule has 3 nitrogen and oxygen atoms in total. The zero-order chi connectivity index (χ0) is 14.4. The maximum absolute atomic E-state index is 6.25. The van der Waals surface area contributed by atoms with Crippen LogP contribution in [-0.2, 0) is 6.54 Å². The number of pyridine rings is 1. The van der Waals surface area contributed by atoms with Crippen LogP contribution in [0.4, 0.5) is 0 Å². The maximum atomic E-state index is 6.25. The van der Waals surface area contributed by atoms with E-state index in [0.29, 0.717) is 0 Å². The second kappa shape index (κ2) is 7.17. The Bertz CT molecular complexity index is 508. The Balaban J connectivity index is 1.81. The van der Waals surface area contributed by atoms with Gasteiger partial charge >= 0.3 is 0 Å². The molecule has 0 fully saturated rings. The van der Waals surface area contributed by atoms with E-state index in [1.54, 1.807) is 0 Å². The second-order valence-corrected chi connectivity index (χ2v) is 5.40. The highest BCUT2D eigenvalue weighted by atomic mass is 15.1. The van der Waals surface area contributed by atoms with Crippen molar-refractivity contribution in [3.63, 3.8) is 0 Å². The van der Waals surface area contributed by atoms with Crippen LogP contribution in [0, 0.1) is 6.92 Å². The molecule has 0 bridgehead atoms. The predicted octanol–water partition coefficient (Wildman–Crippen LogP) is 2.91. The summed E-state index contributed by atoms with van der Waals surface area (Å²) in [6.45, 7) is 4.01. The third kappa shape index (κ3) is 4.44. The Hall–Kier alpha value is -1.71. The molecule has 3 heteroatoms. The summed E-state index contributed by atoms with van der Waals surface area (Å²) in [5, 5.41) is 0. The third-order valence-electron chi connectivity index (χ3n) is 3.53. The maximum Gasteiger partial charge on any atom is 0.0307 e. The van der Waals surface area contributed by atoms with Gasteiger partial charge in [-0.1, -0.05) is 29.8 Å². The molecule has 0 amide bonds. The first-order chi connectivity index (χ1) is 9.65. The lowest BCUT2D eigenvalue weighted by Gasteiger charge is -2.19. The van der Waals surface area contributed by atoms with Crippen molar-refractivity contribution in [2.45, 2.75) is 25.9 Å². The molecule has 0 radical (unpaired) electrons. The summed E-state index contributed by atoms with van der Waals surface area (Å²) in [5.41, 5.74) is 10.0. The molecule has 0 aliphatic carbocycles. The van der Waals surface area contributed by atoms with E-state index in [9.17, 15) is 0 Å². The first-order valence-electron chi connectivity index (χ1n) is 7.05. The summed E-state index contributed by atoms with van der Waals surface area (Å²) < 4.78 is 0. The lowest BCUT2D eigenvalue weighted by atomic mass is 10.0. The highest BCUT2D eigenvalue weighted by Gasteiger charge is 2.07. The molecule has 106 valence electrons. The minimum atomic E-state index is 0.107. The van der Waals surface area contributed by atoms with Gasteiger partial charge in [0, 0.05) is 25.0 Å². The minimum absolute atomic E-state index is 0.107. The summed E-state index contributed by atoms with van der Waals surface area (Å²) in [5.74, 6) is 0. The highest BCUT2D eigenvalue weighted by molar-refractivity contribution is 5.23. The fourth-order valence-corrected chi connectivity index (χ4v) is 2.22. The van der Waals surface area contributed by atoms with Gasteiger partial charge in [-0.15, -0.1) is 0 Å². The first-order valence-corrected chi connectivity index (χ1v) is 7.05. The number of hydrogen-bond acceptors (Lipinski definition) is 3. The average Bonchev–Trinajstić information content (AvgIpc) is 2.46. The smallest absolute Gasteiger partial charge is 0.0307 e. The molecule has 0 aliphatic heterocycles. The largest absolute Gasteiger partial charge is 0.324 e. The van der Waals surface area contributed by atoms with Gasteiger partial charge in [0.1, 0.15) is 0 Å². The minimum Gasteiger partial charge on any atom is -0.324 e. The van der Waals surface area contributed by atoms with Gasteiger partial charge in [-0.25, -0.2) is 0 Å². The molecule has 0 aliphatic rings. The quantitative estimate of drug-likeness (QED) is 0.876. The number of rotatable bonds is 6. The normalized spacial score (nSPS) is 12.6. The molecule has 2 N–H and O–H groups in total. The van der Waals surface area contributed by atoms with Crippen molar-refractivity contribution < 1.29 is 0 Å². The number of aromatic nitrogens is 1. The van der Waals surface area contributed by atoms with Gasteiger partial charge in [0.2, 0.25) is 0 Å². The molecule has 2 rings (SSSR count). The molecule has 1 aromatic carbocycles. The lowest BCUT2D eigenvalue weighted by molar-refractivity contribution is 0.311. The van der Waals surface area contributed by atoms with Crippen molar-refractivity contribution >= 4 is 0 Å². The van der Waals surface area contributed by atoms with E-state index in [1.165, 1.54) is 16.7 Å². The van der Waals surface area contributed by atoms with Crippen molar-refractivity contribution in [2.75, 3.05) is 13.6 Å². The van der Waals surface area contributed by atoms with Gasteiger partial charge in [-0.05, 0) is 50.2 Å². The zero-order valence-electron chi connectivity index (χ0n) is 12.3. The predicted molar refractivity (Wildman–Crippen MR) is 83.3 cm³/mol. The average molecular weight is 269 g/mol. The number of hydrogen-bond donors (Lipinski definition) is 1. The van der Waals surface area contributed by atoms with Gasteiger partial charge in [0.15, 0.2) is 0 Å². The highest BCUT2D eigenvalue weighted by Crippen LogP contribution is 2.15. The first kappa shape index (κ1) is 14.7. The van der Waals surface area contributed by atoms with Crippen LogP contribution in [0.2, 0.25) is 0 Å². The second-order valence-electron chi connectivity index (χ2n) is 5.40. The SMILES string of the molecule is Cc1ccc(C(N)CCN(C)Cc2ccncc2)cc1. The standard InChI is InChI=1S/C17H23N3/c1-14-3-5-16(6-4-14)17(18)9-12-20(2)13-15-7-10-19-11-8-15/h3-8,10-11,17H,9,12-13,18H2,1-2H3. The van der Waals surface area contributed by atoms with Crippen LogP contribution in [0.3, 0.4) is 0 Å². The van der Waals surface area contributed by atoms with Crippen LogP contribution >= 0.6 is 0 Å². The monoisotopic (exact) mass is 269 g/mol. The van der Waals surface area contributed by atoms with E-state index < -0.39 is 0 Å². The molecule has 1 heterocycles. The topological polar surface area (TPSA) is 42.1 Å². The molecule has 20 heavy (non-hydrogen) atoms. The van der Waals surface area contributed by atoms with E-state index in [-0.39, 0.29) is 6.04 Å². The van der Waals surface area contributed by atoms with Crippen molar-refractivity contribution in [3.8, 4) is 0 Å². The number of nitrogens with zero attached hydrogens (tertiary/aromatic N) is 2. The van der Waals surface area contributed by atoms with Crippen LogP contribution in [0.5, 0.6) is 0 Å². The Morgan fingerprint density at radius 1 is 1.10 bits per heavy atom. The van der Waals surface area contributed by atoms with Gasteiger partial charge in [0.25, 0.3) is 0 Å². The Morgan fingerprint density at radius 2 is 1.75 bits per heavy atom. The number of aryl methyl sites for hydroxylation is 1.